The van der Waals surface area contributed by atoms with Crippen molar-refractivity contribution in [2.24, 2.45) is 0 Å². The molecule has 1 unspecified atom stereocenters. The highest BCUT2D eigenvalue weighted by atomic mass is 16.6. The van der Waals surface area contributed by atoms with Crippen LogP contribution in [0.3, 0.4) is 0 Å². The lowest BCUT2D eigenvalue weighted by atomic mass is 10.1. The zero-order chi connectivity index (χ0) is 14.4. The highest BCUT2D eigenvalue weighted by Gasteiger charge is 2.19. The molecule has 0 spiro atoms. The highest BCUT2D eigenvalue weighted by Crippen LogP contribution is 2.24. The fourth-order valence-electron chi connectivity index (χ4n) is 1.52. The minimum atomic E-state index is -0.662. The van der Waals surface area contributed by atoms with Crippen LogP contribution in [0, 0.1) is 32.6 Å². The van der Waals surface area contributed by atoms with Crippen molar-refractivity contribution in [3.8, 4) is 12.3 Å². The summed E-state index contributed by atoms with van der Waals surface area (Å²) in [5.41, 5.74) is -0.179. The topological polar surface area (TPSA) is 98.3 Å². The second kappa shape index (κ2) is 6.47. The van der Waals surface area contributed by atoms with Gasteiger partial charge in [-0.25, -0.2) is 0 Å². The Hall–Kier alpha value is -2.46. The number of nitrogens with zero attached hydrogens (tertiary/aromatic N) is 2. The number of rotatable bonds is 6. The van der Waals surface area contributed by atoms with Gasteiger partial charge in [0.05, 0.1) is 15.9 Å². The van der Waals surface area contributed by atoms with Crippen LogP contribution >= 0.6 is 0 Å². The smallest absolute Gasteiger partial charge is 0.280 e. The quantitative estimate of drug-likeness (QED) is 0.481. The molecule has 7 nitrogen and oxygen atoms in total. The molecule has 1 aromatic rings. The number of benzene rings is 1. The first kappa shape index (κ1) is 14.6. The standard InChI is InChI=1S/C12H13N3O4/c1-3-4-9(2)13-8-10-5-6-11(14(16)17)7-12(10)15(18)19/h1,5-7,9,13H,4,8H2,2H3. The SMILES string of the molecule is C#CCC(C)NCc1ccc([N+](=O)[O-])cc1[N+](=O)[O-]. The number of nitrogens with one attached hydrogen (secondary N) is 1. The van der Waals surface area contributed by atoms with Gasteiger partial charge in [-0.3, -0.25) is 20.2 Å². The van der Waals surface area contributed by atoms with Crippen LogP contribution in [0.5, 0.6) is 0 Å². The summed E-state index contributed by atoms with van der Waals surface area (Å²) < 4.78 is 0. The summed E-state index contributed by atoms with van der Waals surface area (Å²) in [5.74, 6) is 2.48. The van der Waals surface area contributed by atoms with Gasteiger partial charge in [-0.05, 0) is 13.0 Å². The van der Waals surface area contributed by atoms with E-state index in [9.17, 15) is 20.2 Å². The molecule has 0 saturated carbocycles. The minimum absolute atomic E-state index is 0.0137. The van der Waals surface area contributed by atoms with Crippen LogP contribution in [0.15, 0.2) is 18.2 Å². The number of hydrogen-bond acceptors (Lipinski definition) is 5. The maximum atomic E-state index is 10.9. The number of non-ortho nitro benzene ring substituents is 1. The fourth-order valence-corrected chi connectivity index (χ4v) is 1.52. The van der Waals surface area contributed by atoms with Gasteiger partial charge in [-0.2, -0.15) is 0 Å². The molecule has 0 aliphatic heterocycles. The molecule has 0 bridgehead atoms. The fraction of sp³-hybridized carbons (Fsp3) is 0.333. The Labute approximate surface area is 109 Å². The molecule has 1 atom stereocenters. The number of terminal acetylenes is 1. The lowest BCUT2D eigenvalue weighted by Crippen LogP contribution is -2.25. The molecule has 0 amide bonds. The first-order valence-electron chi connectivity index (χ1n) is 5.54. The van der Waals surface area contributed by atoms with Gasteiger partial charge < -0.3 is 5.32 Å². The third-order valence-electron chi connectivity index (χ3n) is 2.54. The maximum absolute atomic E-state index is 10.9. The van der Waals surface area contributed by atoms with E-state index in [0.717, 1.165) is 6.07 Å². The van der Waals surface area contributed by atoms with Gasteiger partial charge in [-0.15, -0.1) is 12.3 Å². The summed E-state index contributed by atoms with van der Waals surface area (Å²) in [6.45, 7) is 2.09. The van der Waals surface area contributed by atoms with Crippen LogP contribution in [-0.2, 0) is 6.54 Å². The molecule has 0 saturated heterocycles. The van der Waals surface area contributed by atoms with Gasteiger partial charge in [0.2, 0.25) is 0 Å². The van der Waals surface area contributed by atoms with Crippen molar-refractivity contribution in [3.05, 3.63) is 44.0 Å². The molecule has 19 heavy (non-hydrogen) atoms. The van der Waals surface area contributed by atoms with E-state index >= 15 is 0 Å². The van der Waals surface area contributed by atoms with Crippen molar-refractivity contribution in [1.29, 1.82) is 0 Å². The predicted molar refractivity (Wildman–Crippen MR) is 69.5 cm³/mol. The second-order valence-electron chi connectivity index (χ2n) is 4.02. The Morgan fingerprint density at radius 3 is 2.58 bits per heavy atom. The Kier molecular flexibility index (Phi) is 4.97. The van der Waals surface area contributed by atoms with E-state index in [2.05, 4.69) is 11.2 Å². The summed E-state index contributed by atoms with van der Waals surface area (Å²) in [5, 5.41) is 24.5. The zero-order valence-corrected chi connectivity index (χ0v) is 10.3. The van der Waals surface area contributed by atoms with Crippen LogP contribution in [0.1, 0.15) is 18.9 Å². The molecular weight excluding hydrogens is 250 g/mol. The van der Waals surface area contributed by atoms with Crippen LogP contribution in [-0.4, -0.2) is 15.9 Å². The molecule has 0 heterocycles. The van der Waals surface area contributed by atoms with Crippen LogP contribution in [0.2, 0.25) is 0 Å². The van der Waals surface area contributed by atoms with Crippen LogP contribution < -0.4 is 5.32 Å². The average molecular weight is 263 g/mol. The van der Waals surface area contributed by atoms with Crippen molar-refractivity contribution < 1.29 is 9.85 Å². The molecule has 0 aromatic heterocycles. The Morgan fingerprint density at radius 1 is 1.37 bits per heavy atom. The van der Waals surface area contributed by atoms with Crippen LogP contribution in [0.4, 0.5) is 11.4 Å². The van der Waals surface area contributed by atoms with Crippen molar-refractivity contribution in [1.82, 2.24) is 5.32 Å². The van der Waals surface area contributed by atoms with E-state index in [1.54, 1.807) is 0 Å². The summed E-state index contributed by atoms with van der Waals surface area (Å²) in [6, 6.07) is 3.60. The summed E-state index contributed by atoms with van der Waals surface area (Å²) >= 11 is 0. The lowest BCUT2D eigenvalue weighted by molar-refractivity contribution is -0.394. The van der Waals surface area contributed by atoms with Crippen LogP contribution in [0.25, 0.3) is 0 Å². The molecule has 7 heteroatoms. The molecule has 0 fully saturated rings. The molecule has 0 radical (unpaired) electrons. The van der Waals surface area contributed by atoms with Gasteiger partial charge in [0.15, 0.2) is 0 Å². The monoisotopic (exact) mass is 263 g/mol. The molecule has 1 aromatic carbocycles. The lowest BCUT2D eigenvalue weighted by Gasteiger charge is -2.10. The Bertz CT molecular complexity index is 536. The maximum Gasteiger partial charge on any atom is 0.280 e. The zero-order valence-electron chi connectivity index (χ0n) is 10.3. The normalized spacial score (nSPS) is 11.6. The van der Waals surface area contributed by atoms with Gasteiger partial charge in [-0.1, -0.05) is 0 Å². The predicted octanol–water partition coefficient (Wildman–Crippen LogP) is 2.00. The van der Waals surface area contributed by atoms with Crippen molar-refractivity contribution in [2.75, 3.05) is 0 Å². The largest absolute Gasteiger partial charge is 0.309 e. The van der Waals surface area contributed by atoms with E-state index in [-0.39, 0.29) is 24.0 Å². The highest BCUT2D eigenvalue weighted by molar-refractivity contribution is 5.49. The molecule has 100 valence electrons. The molecule has 1 N–H and O–H groups in total. The van der Waals surface area contributed by atoms with E-state index in [1.165, 1.54) is 12.1 Å². The van der Waals surface area contributed by atoms with Crippen molar-refractivity contribution >= 4 is 11.4 Å². The molecule has 1 rings (SSSR count). The van der Waals surface area contributed by atoms with E-state index in [4.69, 9.17) is 6.42 Å². The second-order valence-corrected chi connectivity index (χ2v) is 4.02. The van der Waals surface area contributed by atoms with Gasteiger partial charge in [0.25, 0.3) is 11.4 Å². The molecule has 0 aliphatic carbocycles. The first-order valence-corrected chi connectivity index (χ1v) is 5.54. The minimum Gasteiger partial charge on any atom is -0.309 e. The van der Waals surface area contributed by atoms with E-state index in [1.807, 2.05) is 6.92 Å². The molecule has 0 aliphatic rings. The van der Waals surface area contributed by atoms with Crippen molar-refractivity contribution in [2.45, 2.75) is 25.9 Å². The average Bonchev–Trinajstić information content (AvgIpc) is 2.36. The number of nitro groups is 2. The summed E-state index contributed by atoms with van der Waals surface area (Å²) in [7, 11) is 0. The number of hydrogen-bond donors (Lipinski definition) is 1. The third-order valence-corrected chi connectivity index (χ3v) is 2.54. The summed E-state index contributed by atoms with van der Waals surface area (Å²) in [4.78, 5) is 20.2. The number of nitro benzene ring substituents is 2. The molecular formula is C12H13N3O4. The van der Waals surface area contributed by atoms with E-state index < -0.39 is 9.85 Å². The Balaban J connectivity index is 2.92. The van der Waals surface area contributed by atoms with E-state index in [0.29, 0.717) is 12.0 Å². The first-order chi connectivity index (χ1) is 8.95. The van der Waals surface area contributed by atoms with Gasteiger partial charge in [0.1, 0.15) is 0 Å². The summed E-state index contributed by atoms with van der Waals surface area (Å²) in [6.07, 6.45) is 5.66. The third kappa shape index (κ3) is 4.04. The van der Waals surface area contributed by atoms with Gasteiger partial charge in [0, 0.05) is 30.6 Å². The van der Waals surface area contributed by atoms with Gasteiger partial charge >= 0.3 is 0 Å². The Morgan fingerprint density at radius 2 is 2.05 bits per heavy atom. The van der Waals surface area contributed by atoms with Crippen molar-refractivity contribution in [3.63, 3.8) is 0 Å².